The highest BCUT2D eigenvalue weighted by atomic mass is 35.5. The third kappa shape index (κ3) is 2.37. The SMILES string of the molecule is CC(Cl)c1nc2ccc(C#N)cc2n1-c1cccc(F)c1. The average molecular weight is 300 g/mol. The van der Waals surface area contributed by atoms with Crippen LogP contribution >= 0.6 is 11.6 Å². The molecular formula is C16H11ClFN3. The second-order valence-corrected chi connectivity index (χ2v) is 5.37. The Morgan fingerprint density at radius 2 is 2.10 bits per heavy atom. The van der Waals surface area contributed by atoms with Crippen LogP contribution in [0.5, 0.6) is 0 Å². The molecule has 21 heavy (non-hydrogen) atoms. The summed E-state index contributed by atoms with van der Waals surface area (Å²) in [6, 6.07) is 13.5. The van der Waals surface area contributed by atoms with E-state index in [0.29, 0.717) is 17.1 Å². The quantitative estimate of drug-likeness (QED) is 0.661. The van der Waals surface area contributed by atoms with Gasteiger partial charge in [-0.3, -0.25) is 4.57 Å². The summed E-state index contributed by atoms with van der Waals surface area (Å²) < 4.78 is 15.3. The molecule has 1 atom stereocenters. The van der Waals surface area contributed by atoms with Crippen molar-refractivity contribution in [3.05, 3.63) is 59.7 Å². The first-order valence-corrected chi connectivity index (χ1v) is 6.86. The van der Waals surface area contributed by atoms with Gasteiger partial charge in [-0.1, -0.05) is 6.07 Å². The summed E-state index contributed by atoms with van der Waals surface area (Å²) in [5, 5.41) is 8.71. The number of nitriles is 1. The van der Waals surface area contributed by atoms with Crippen LogP contribution in [-0.4, -0.2) is 9.55 Å². The molecule has 0 fully saturated rings. The monoisotopic (exact) mass is 299 g/mol. The van der Waals surface area contributed by atoms with Gasteiger partial charge in [0.25, 0.3) is 0 Å². The van der Waals surface area contributed by atoms with E-state index in [2.05, 4.69) is 11.1 Å². The number of aromatic nitrogens is 2. The van der Waals surface area contributed by atoms with E-state index in [4.69, 9.17) is 16.9 Å². The number of hydrogen-bond acceptors (Lipinski definition) is 2. The number of nitrogens with zero attached hydrogens (tertiary/aromatic N) is 3. The Morgan fingerprint density at radius 1 is 1.29 bits per heavy atom. The second kappa shape index (κ2) is 5.19. The van der Waals surface area contributed by atoms with Crippen molar-refractivity contribution in [2.24, 2.45) is 0 Å². The number of benzene rings is 2. The van der Waals surface area contributed by atoms with Gasteiger partial charge in [0.1, 0.15) is 11.6 Å². The van der Waals surface area contributed by atoms with Gasteiger partial charge >= 0.3 is 0 Å². The minimum Gasteiger partial charge on any atom is -0.295 e. The molecule has 1 aromatic heterocycles. The lowest BCUT2D eigenvalue weighted by Gasteiger charge is -2.10. The molecule has 0 spiro atoms. The molecule has 3 rings (SSSR count). The summed E-state index contributed by atoms with van der Waals surface area (Å²) in [6.07, 6.45) is 0. The molecule has 104 valence electrons. The molecule has 3 aromatic rings. The number of fused-ring (bicyclic) bond motifs is 1. The lowest BCUT2D eigenvalue weighted by Crippen LogP contribution is -2.02. The Kier molecular flexibility index (Phi) is 3.36. The van der Waals surface area contributed by atoms with Gasteiger partial charge in [0.2, 0.25) is 0 Å². The third-order valence-corrected chi connectivity index (χ3v) is 3.43. The van der Waals surface area contributed by atoms with Gasteiger partial charge in [-0.25, -0.2) is 9.37 Å². The number of halogens is 2. The predicted octanol–water partition coefficient (Wildman–Crippen LogP) is 4.34. The lowest BCUT2D eigenvalue weighted by molar-refractivity contribution is 0.626. The van der Waals surface area contributed by atoms with E-state index in [9.17, 15) is 4.39 Å². The molecule has 5 heteroatoms. The highest BCUT2D eigenvalue weighted by Gasteiger charge is 2.17. The van der Waals surface area contributed by atoms with Crippen LogP contribution in [0.25, 0.3) is 16.7 Å². The van der Waals surface area contributed by atoms with Crippen LogP contribution in [0, 0.1) is 17.1 Å². The van der Waals surface area contributed by atoms with Crippen molar-refractivity contribution in [2.45, 2.75) is 12.3 Å². The van der Waals surface area contributed by atoms with Crippen LogP contribution in [0.15, 0.2) is 42.5 Å². The minimum absolute atomic E-state index is 0.334. The molecule has 0 bridgehead atoms. The Labute approximate surface area is 126 Å². The Balaban J connectivity index is 2.37. The standard InChI is InChI=1S/C16H11ClFN3/c1-10(17)16-20-14-6-5-11(9-19)7-15(14)21(16)13-4-2-3-12(18)8-13/h2-8,10H,1H3. The minimum atomic E-state index is -0.341. The summed E-state index contributed by atoms with van der Waals surface area (Å²) >= 11 is 6.20. The zero-order valence-corrected chi connectivity index (χ0v) is 12.0. The molecule has 0 aliphatic carbocycles. The van der Waals surface area contributed by atoms with E-state index in [1.165, 1.54) is 12.1 Å². The van der Waals surface area contributed by atoms with E-state index in [1.807, 2.05) is 6.92 Å². The van der Waals surface area contributed by atoms with E-state index in [-0.39, 0.29) is 11.2 Å². The Hall–Kier alpha value is -2.38. The largest absolute Gasteiger partial charge is 0.295 e. The molecule has 0 aliphatic heterocycles. The maximum absolute atomic E-state index is 13.5. The summed E-state index contributed by atoms with van der Waals surface area (Å²) in [6.45, 7) is 1.81. The first-order valence-electron chi connectivity index (χ1n) is 6.42. The fraction of sp³-hybridized carbons (Fsp3) is 0.125. The topological polar surface area (TPSA) is 41.6 Å². The normalized spacial score (nSPS) is 12.3. The van der Waals surface area contributed by atoms with Crippen molar-refractivity contribution in [1.29, 1.82) is 5.26 Å². The number of hydrogen-bond donors (Lipinski definition) is 0. The molecule has 0 radical (unpaired) electrons. The predicted molar refractivity (Wildman–Crippen MR) is 80.0 cm³/mol. The summed E-state index contributed by atoms with van der Waals surface area (Å²) in [5.41, 5.74) is 2.62. The number of rotatable bonds is 2. The van der Waals surface area contributed by atoms with Crippen LogP contribution in [0.3, 0.4) is 0 Å². The first-order chi connectivity index (χ1) is 10.1. The lowest BCUT2D eigenvalue weighted by atomic mass is 10.2. The smallest absolute Gasteiger partial charge is 0.132 e. The summed E-state index contributed by atoms with van der Waals surface area (Å²) in [4.78, 5) is 4.49. The Bertz CT molecular complexity index is 862. The molecule has 0 N–H and O–H groups in total. The summed E-state index contributed by atoms with van der Waals surface area (Å²) in [7, 11) is 0. The maximum Gasteiger partial charge on any atom is 0.132 e. The highest BCUT2D eigenvalue weighted by Crippen LogP contribution is 2.28. The van der Waals surface area contributed by atoms with Crippen molar-refractivity contribution in [1.82, 2.24) is 9.55 Å². The van der Waals surface area contributed by atoms with Gasteiger partial charge in [0.05, 0.1) is 33.7 Å². The van der Waals surface area contributed by atoms with Crippen molar-refractivity contribution in [3.63, 3.8) is 0 Å². The van der Waals surface area contributed by atoms with Gasteiger partial charge in [-0.05, 0) is 43.3 Å². The average Bonchev–Trinajstić information content (AvgIpc) is 2.85. The highest BCUT2D eigenvalue weighted by molar-refractivity contribution is 6.20. The van der Waals surface area contributed by atoms with Crippen molar-refractivity contribution in [3.8, 4) is 11.8 Å². The van der Waals surface area contributed by atoms with Crippen LogP contribution in [-0.2, 0) is 0 Å². The third-order valence-electron chi connectivity index (χ3n) is 3.23. The second-order valence-electron chi connectivity index (χ2n) is 4.72. The number of imidazole rings is 1. The molecule has 0 saturated heterocycles. The zero-order chi connectivity index (χ0) is 15.0. The molecule has 3 nitrogen and oxygen atoms in total. The van der Waals surface area contributed by atoms with E-state index in [0.717, 1.165) is 11.0 Å². The van der Waals surface area contributed by atoms with Crippen molar-refractivity contribution >= 4 is 22.6 Å². The molecule has 1 heterocycles. The molecular weight excluding hydrogens is 289 g/mol. The van der Waals surface area contributed by atoms with Crippen molar-refractivity contribution in [2.75, 3.05) is 0 Å². The maximum atomic E-state index is 13.5. The van der Waals surface area contributed by atoms with E-state index in [1.54, 1.807) is 34.9 Å². The van der Waals surface area contributed by atoms with Crippen LogP contribution in [0.1, 0.15) is 23.7 Å². The van der Waals surface area contributed by atoms with Crippen molar-refractivity contribution < 1.29 is 4.39 Å². The molecule has 1 unspecified atom stereocenters. The fourth-order valence-electron chi connectivity index (χ4n) is 2.32. The summed E-state index contributed by atoms with van der Waals surface area (Å²) in [5.74, 6) is 0.284. The fourth-order valence-corrected chi connectivity index (χ4v) is 2.46. The van der Waals surface area contributed by atoms with Gasteiger partial charge in [-0.15, -0.1) is 11.6 Å². The van der Waals surface area contributed by atoms with Gasteiger partial charge in [-0.2, -0.15) is 5.26 Å². The van der Waals surface area contributed by atoms with Gasteiger partial charge in [0, 0.05) is 0 Å². The van der Waals surface area contributed by atoms with Gasteiger partial charge < -0.3 is 0 Å². The van der Waals surface area contributed by atoms with E-state index >= 15 is 0 Å². The van der Waals surface area contributed by atoms with Crippen LogP contribution < -0.4 is 0 Å². The van der Waals surface area contributed by atoms with Gasteiger partial charge in [0.15, 0.2) is 0 Å². The number of alkyl halides is 1. The molecule has 2 aromatic carbocycles. The first kappa shape index (κ1) is 13.6. The molecule has 0 amide bonds. The molecule has 0 aliphatic rings. The van der Waals surface area contributed by atoms with Crippen LogP contribution in [0.2, 0.25) is 0 Å². The van der Waals surface area contributed by atoms with Crippen LogP contribution in [0.4, 0.5) is 4.39 Å². The zero-order valence-electron chi connectivity index (χ0n) is 11.2. The molecule has 0 saturated carbocycles. The van der Waals surface area contributed by atoms with E-state index < -0.39 is 0 Å². The Morgan fingerprint density at radius 3 is 2.76 bits per heavy atom.